The molecule has 1 aromatic carbocycles. The molecule has 0 radical (unpaired) electrons. The van der Waals surface area contributed by atoms with E-state index in [4.69, 9.17) is 5.73 Å². The minimum absolute atomic E-state index is 0. The molecule has 146 valence electrons. The Hall–Kier alpha value is -2.12. The lowest BCUT2D eigenvalue weighted by Gasteiger charge is -2.15. The van der Waals surface area contributed by atoms with Crippen molar-refractivity contribution in [2.24, 2.45) is 11.7 Å². The third-order valence-corrected chi connectivity index (χ3v) is 3.63. The maximum Gasteiger partial charge on any atom is 0.251 e. The molecular weight excluding hydrogens is 356 g/mol. The van der Waals surface area contributed by atoms with Gasteiger partial charge >= 0.3 is 0 Å². The van der Waals surface area contributed by atoms with E-state index in [2.05, 4.69) is 16.0 Å². The zero-order valence-electron chi connectivity index (χ0n) is 15.9. The second kappa shape index (κ2) is 10.8. The Labute approximate surface area is 160 Å². The Morgan fingerprint density at radius 2 is 1.73 bits per heavy atom. The highest BCUT2D eigenvalue weighted by molar-refractivity contribution is 5.99. The van der Waals surface area contributed by atoms with Gasteiger partial charge in [0.25, 0.3) is 5.91 Å². The van der Waals surface area contributed by atoms with Crippen LogP contribution in [-0.4, -0.2) is 36.3 Å². The zero-order valence-corrected chi connectivity index (χ0v) is 16.7. The number of aryl methyl sites for hydroxylation is 1. The zero-order chi connectivity index (χ0) is 19.1. The van der Waals surface area contributed by atoms with Gasteiger partial charge in [0.15, 0.2) is 0 Å². The maximum absolute atomic E-state index is 12.2. The predicted octanol–water partition coefficient (Wildman–Crippen LogP) is 1.59. The number of carbonyl (C=O) groups is 3. The summed E-state index contributed by atoms with van der Waals surface area (Å²) in [4.78, 5) is 35.9. The number of nitrogens with two attached hydrogens (primary N) is 1. The molecule has 0 bridgehead atoms. The van der Waals surface area contributed by atoms with E-state index in [0.29, 0.717) is 11.3 Å². The molecule has 0 aliphatic heterocycles. The molecule has 1 atom stereocenters. The van der Waals surface area contributed by atoms with Crippen LogP contribution in [0.15, 0.2) is 18.2 Å². The van der Waals surface area contributed by atoms with Crippen molar-refractivity contribution in [3.05, 3.63) is 29.3 Å². The summed E-state index contributed by atoms with van der Waals surface area (Å²) < 4.78 is 0. The molecule has 7 nitrogen and oxygen atoms in total. The number of hydrogen-bond acceptors (Lipinski definition) is 4. The fourth-order valence-electron chi connectivity index (χ4n) is 2.08. The van der Waals surface area contributed by atoms with E-state index in [1.54, 1.807) is 18.2 Å². The molecule has 0 aromatic heterocycles. The molecule has 0 fully saturated rings. The van der Waals surface area contributed by atoms with Crippen LogP contribution in [-0.2, 0) is 9.59 Å². The Balaban J connectivity index is 0.00000625. The Morgan fingerprint density at radius 1 is 1.12 bits per heavy atom. The molecule has 0 aliphatic rings. The molecule has 1 rings (SSSR count). The minimum atomic E-state index is -0.654. The second-order valence-corrected chi connectivity index (χ2v) is 6.69. The van der Waals surface area contributed by atoms with Gasteiger partial charge in [-0.15, -0.1) is 12.4 Å². The lowest BCUT2D eigenvalue weighted by atomic mass is 10.1. The molecule has 1 aromatic rings. The van der Waals surface area contributed by atoms with Crippen LogP contribution in [0.3, 0.4) is 0 Å². The van der Waals surface area contributed by atoms with Crippen molar-refractivity contribution in [1.29, 1.82) is 0 Å². The van der Waals surface area contributed by atoms with Crippen LogP contribution in [0, 0.1) is 12.8 Å². The third-order valence-electron chi connectivity index (χ3n) is 3.63. The standard InChI is InChI=1S/C18H28N4O3.ClH/c1-10(2)16(19)18(25)20-9-15(23)22-13-7-6-12(5)14(8-13)17(24)21-11(3)4;/h6-8,10-11,16H,9,19H2,1-5H3,(H,20,25)(H,21,24)(H,22,23);1H/t16-;/m0./s1. The third kappa shape index (κ3) is 7.41. The first kappa shape index (κ1) is 23.9. The van der Waals surface area contributed by atoms with E-state index in [1.165, 1.54) is 0 Å². The van der Waals surface area contributed by atoms with Crippen molar-refractivity contribution in [1.82, 2.24) is 10.6 Å². The monoisotopic (exact) mass is 384 g/mol. The van der Waals surface area contributed by atoms with Gasteiger partial charge in [0, 0.05) is 17.3 Å². The molecule has 0 unspecified atom stereocenters. The van der Waals surface area contributed by atoms with Gasteiger partial charge in [-0.1, -0.05) is 19.9 Å². The van der Waals surface area contributed by atoms with Crippen molar-refractivity contribution >= 4 is 35.8 Å². The molecule has 0 aliphatic carbocycles. The second-order valence-electron chi connectivity index (χ2n) is 6.69. The number of halogens is 1. The summed E-state index contributed by atoms with van der Waals surface area (Å²) in [5.74, 6) is -0.962. The number of amides is 3. The quantitative estimate of drug-likeness (QED) is 0.571. The van der Waals surface area contributed by atoms with Crippen LogP contribution in [0.4, 0.5) is 5.69 Å². The normalized spacial score (nSPS) is 11.5. The molecule has 0 spiro atoms. The number of nitrogens with one attached hydrogen (secondary N) is 3. The fourth-order valence-corrected chi connectivity index (χ4v) is 2.08. The van der Waals surface area contributed by atoms with Gasteiger partial charge in [-0.25, -0.2) is 0 Å². The van der Waals surface area contributed by atoms with Crippen LogP contribution in [0.2, 0.25) is 0 Å². The van der Waals surface area contributed by atoms with E-state index < -0.39 is 6.04 Å². The van der Waals surface area contributed by atoms with Gasteiger partial charge in [0.2, 0.25) is 11.8 Å². The highest BCUT2D eigenvalue weighted by Gasteiger charge is 2.18. The van der Waals surface area contributed by atoms with Crippen molar-refractivity contribution in [3.8, 4) is 0 Å². The van der Waals surface area contributed by atoms with Crippen LogP contribution < -0.4 is 21.7 Å². The molecule has 0 heterocycles. The van der Waals surface area contributed by atoms with E-state index in [9.17, 15) is 14.4 Å². The smallest absolute Gasteiger partial charge is 0.251 e. The van der Waals surface area contributed by atoms with Crippen molar-refractivity contribution in [2.75, 3.05) is 11.9 Å². The fraction of sp³-hybridized carbons (Fsp3) is 0.500. The molecule has 0 saturated carbocycles. The number of anilines is 1. The average Bonchev–Trinajstić information content (AvgIpc) is 2.52. The Morgan fingerprint density at radius 3 is 2.27 bits per heavy atom. The van der Waals surface area contributed by atoms with Crippen molar-refractivity contribution in [2.45, 2.75) is 46.7 Å². The summed E-state index contributed by atoms with van der Waals surface area (Å²) in [5, 5.41) is 7.99. The van der Waals surface area contributed by atoms with E-state index in [0.717, 1.165) is 5.56 Å². The molecule has 3 amide bonds. The SMILES string of the molecule is Cc1ccc(NC(=O)CNC(=O)[C@@H](N)C(C)C)cc1C(=O)NC(C)C.Cl. The van der Waals surface area contributed by atoms with E-state index >= 15 is 0 Å². The molecular formula is C18H29ClN4O3. The average molecular weight is 385 g/mol. The van der Waals surface area contributed by atoms with Crippen molar-refractivity contribution in [3.63, 3.8) is 0 Å². The van der Waals surface area contributed by atoms with E-state index in [1.807, 2.05) is 34.6 Å². The highest BCUT2D eigenvalue weighted by atomic mass is 35.5. The maximum atomic E-state index is 12.2. The van der Waals surface area contributed by atoms with Gasteiger partial charge in [-0.2, -0.15) is 0 Å². The number of benzene rings is 1. The number of carbonyl (C=O) groups excluding carboxylic acids is 3. The summed E-state index contributed by atoms with van der Waals surface area (Å²) in [6.07, 6.45) is 0. The Bertz CT molecular complexity index is 647. The van der Waals surface area contributed by atoms with Crippen LogP contribution in [0.5, 0.6) is 0 Å². The summed E-state index contributed by atoms with van der Waals surface area (Å²) in [7, 11) is 0. The van der Waals surface area contributed by atoms with Gasteiger partial charge in [0.1, 0.15) is 0 Å². The van der Waals surface area contributed by atoms with Gasteiger partial charge < -0.3 is 21.7 Å². The van der Waals surface area contributed by atoms with Gasteiger partial charge in [0.05, 0.1) is 12.6 Å². The predicted molar refractivity (Wildman–Crippen MR) is 105 cm³/mol. The largest absolute Gasteiger partial charge is 0.350 e. The minimum Gasteiger partial charge on any atom is -0.350 e. The summed E-state index contributed by atoms with van der Waals surface area (Å²) in [5.41, 5.74) is 7.52. The molecule has 5 N–H and O–H groups in total. The highest BCUT2D eigenvalue weighted by Crippen LogP contribution is 2.15. The lowest BCUT2D eigenvalue weighted by Crippen LogP contribution is -2.46. The van der Waals surface area contributed by atoms with E-state index in [-0.39, 0.29) is 48.6 Å². The first-order chi connectivity index (χ1) is 11.6. The van der Waals surface area contributed by atoms with Crippen LogP contribution in [0.25, 0.3) is 0 Å². The van der Waals surface area contributed by atoms with Crippen molar-refractivity contribution < 1.29 is 14.4 Å². The number of hydrogen-bond donors (Lipinski definition) is 4. The molecule has 8 heteroatoms. The van der Waals surface area contributed by atoms with Gasteiger partial charge in [-0.05, 0) is 44.4 Å². The first-order valence-corrected chi connectivity index (χ1v) is 8.36. The summed E-state index contributed by atoms with van der Waals surface area (Å²) >= 11 is 0. The summed E-state index contributed by atoms with van der Waals surface area (Å²) in [6, 6.07) is 4.45. The van der Waals surface area contributed by atoms with Crippen LogP contribution in [0.1, 0.15) is 43.6 Å². The molecule has 26 heavy (non-hydrogen) atoms. The van der Waals surface area contributed by atoms with Gasteiger partial charge in [-0.3, -0.25) is 14.4 Å². The number of rotatable bonds is 7. The Kier molecular flexibility index (Phi) is 9.90. The topological polar surface area (TPSA) is 113 Å². The first-order valence-electron chi connectivity index (χ1n) is 8.36. The van der Waals surface area contributed by atoms with Crippen LogP contribution >= 0.6 is 12.4 Å². The lowest BCUT2D eigenvalue weighted by molar-refractivity contribution is -0.125. The summed E-state index contributed by atoms with van der Waals surface area (Å²) in [6.45, 7) is 9.07. The molecule has 0 saturated heterocycles.